The van der Waals surface area contributed by atoms with E-state index in [1.807, 2.05) is 83.4 Å². The number of anilines is 1. The topological polar surface area (TPSA) is 85.4 Å². The fourth-order valence-electron chi connectivity index (χ4n) is 4.18. The van der Waals surface area contributed by atoms with E-state index in [1.165, 1.54) is 0 Å². The van der Waals surface area contributed by atoms with Gasteiger partial charge in [0.2, 0.25) is 5.95 Å². The van der Waals surface area contributed by atoms with Crippen molar-refractivity contribution in [1.29, 1.82) is 5.26 Å². The van der Waals surface area contributed by atoms with Crippen LogP contribution in [0.25, 0.3) is 17.3 Å². The molecule has 1 aromatic heterocycles. The molecule has 0 radical (unpaired) electrons. The molecule has 1 aliphatic heterocycles. The highest BCUT2D eigenvalue weighted by Gasteiger charge is 2.23. The van der Waals surface area contributed by atoms with Crippen molar-refractivity contribution >= 4 is 17.6 Å². The summed E-state index contributed by atoms with van der Waals surface area (Å²) in [5.74, 6) is 2.37. The summed E-state index contributed by atoms with van der Waals surface area (Å²) in [6.45, 7) is 3.06. The first-order valence-electron chi connectivity index (χ1n) is 12.1. The standard InChI is InChI=1S/C29H27N5O3/c1-35-26-13-12-23(19-27(26)37-21-22-8-4-2-5-9-22)18-24(20-30)28-31-32-29(33-14-16-36-17-15-33)34(28)25-10-6-3-7-11-25/h2-13,18-19H,14-17,21H2,1H3/b24-18+. The van der Waals surface area contributed by atoms with Crippen LogP contribution in [0.5, 0.6) is 11.5 Å². The zero-order valence-corrected chi connectivity index (χ0v) is 20.6. The molecule has 0 saturated carbocycles. The minimum absolute atomic E-state index is 0.384. The first kappa shape index (κ1) is 24.1. The van der Waals surface area contributed by atoms with E-state index in [1.54, 1.807) is 13.2 Å². The van der Waals surface area contributed by atoms with Gasteiger partial charge in [0, 0.05) is 13.1 Å². The molecule has 1 fully saturated rings. The van der Waals surface area contributed by atoms with Gasteiger partial charge in [0.25, 0.3) is 0 Å². The summed E-state index contributed by atoms with van der Waals surface area (Å²) in [6.07, 6.45) is 1.79. The summed E-state index contributed by atoms with van der Waals surface area (Å²) in [4.78, 5) is 2.13. The number of nitriles is 1. The molecule has 0 amide bonds. The maximum absolute atomic E-state index is 10.2. The Labute approximate surface area is 216 Å². The highest BCUT2D eigenvalue weighted by molar-refractivity contribution is 5.88. The Morgan fingerprint density at radius 1 is 0.973 bits per heavy atom. The van der Waals surface area contributed by atoms with Crippen LogP contribution < -0.4 is 14.4 Å². The molecule has 1 aliphatic rings. The largest absolute Gasteiger partial charge is 0.493 e. The second-order valence-corrected chi connectivity index (χ2v) is 8.45. The Kier molecular flexibility index (Phi) is 7.44. The average molecular weight is 494 g/mol. The quantitative estimate of drug-likeness (QED) is 0.327. The summed E-state index contributed by atoms with van der Waals surface area (Å²) in [7, 11) is 1.61. The third kappa shape index (κ3) is 5.47. The molecule has 0 bridgehead atoms. The lowest BCUT2D eigenvalue weighted by atomic mass is 10.1. The van der Waals surface area contributed by atoms with Crippen molar-refractivity contribution in [2.24, 2.45) is 0 Å². The number of methoxy groups -OCH3 is 1. The molecule has 0 spiro atoms. The molecule has 0 atom stereocenters. The van der Waals surface area contributed by atoms with E-state index in [0.29, 0.717) is 61.8 Å². The smallest absolute Gasteiger partial charge is 0.232 e. The molecule has 0 N–H and O–H groups in total. The zero-order valence-electron chi connectivity index (χ0n) is 20.6. The minimum atomic E-state index is 0.384. The van der Waals surface area contributed by atoms with Gasteiger partial charge in [-0.1, -0.05) is 54.6 Å². The van der Waals surface area contributed by atoms with Gasteiger partial charge < -0.3 is 19.1 Å². The molecule has 37 heavy (non-hydrogen) atoms. The van der Waals surface area contributed by atoms with Crippen molar-refractivity contribution in [3.05, 3.63) is 95.8 Å². The first-order valence-corrected chi connectivity index (χ1v) is 12.1. The van der Waals surface area contributed by atoms with Crippen LogP contribution in [-0.4, -0.2) is 48.2 Å². The molecular weight excluding hydrogens is 466 g/mol. The van der Waals surface area contributed by atoms with Crippen LogP contribution >= 0.6 is 0 Å². The highest BCUT2D eigenvalue weighted by atomic mass is 16.5. The van der Waals surface area contributed by atoms with E-state index < -0.39 is 0 Å². The van der Waals surface area contributed by atoms with Crippen molar-refractivity contribution in [2.45, 2.75) is 6.61 Å². The molecule has 0 aliphatic carbocycles. The third-order valence-electron chi connectivity index (χ3n) is 6.05. The van der Waals surface area contributed by atoms with Crippen LogP contribution in [0.15, 0.2) is 78.9 Å². The molecule has 186 valence electrons. The Bertz CT molecular complexity index is 1400. The van der Waals surface area contributed by atoms with E-state index in [-0.39, 0.29) is 0 Å². The summed E-state index contributed by atoms with van der Waals surface area (Å²) in [5, 5.41) is 19.1. The fraction of sp³-hybridized carbons (Fsp3) is 0.207. The van der Waals surface area contributed by atoms with Gasteiger partial charge in [-0.3, -0.25) is 4.57 Å². The normalized spacial score (nSPS) is 13.7. The molecule has 2 heterocycles. The van der Waals surface area contributed by atoms with E-state index in [9.17, 15) is 5.26 Å². The predicted molar refractivity (Wildman–Crippen MR) is 142 cm³/mol. The van der Waals surface area contributed by atoms with Crippen molar-refractivity contribution in [1.82, 2.24) is 14.8 Å². The summed E-state index contributed by atoms with van der Waals surface area (Å²) < 4.78 is 19.0. The van der Waals surface area contributed by atoms with Gasteiger partial charge in [-0.15, -0.1) is 10.2 Å². The maximum Gasteiger partial charge on any atom is 0.232 e. The van der Waals surface area contributed by atoms with Crippen molar-refractivity contribution < 1.29 is 14.2 Å². The lowest BCUT2D eigenvalue weighted by Gasteiger charge is -2.28. The number of aromatic nitrogens is 3. The molecule has 8 heteroatoms. The molecule has 4 aromatic rings. The summed E-state index contributed by atoms with van der Waals surface area (Å²) in [5.41, 5.74) is 3.10. The molecular formula is C29H27N5O3. The monoisotopic (exact) mass is 493 g/mol. The fourth-order valence-corrected chi connectivity index (χ4v) is 4.18. The average Bonchev–Trinajstić information content (AvgIpc) is 3.41. The zero-order chi connectivity index (χ0) is 25.5. The summed E-state index contributed by atoms with van der Waals surface area (Å²) in [6, 6.07) is 27.7. The van der Waals surface area contributed by atoms with Gasteiger partial charge in [-0.25, -0.2) is 0 Å². The molecule has 3 aromatic carbocycles. The number of morpholine rings is 1. The lowest BCUT2D eigenvalue weighted by Crippen LogP contribution is -2.38. The van der Waals surface area contributed by atoms with Crippen molar-refractivity contribution in [3.63, 3.8) is 0 Å². The number of para-hydroxylation sites is 1. The SMILES string of the molecule is COc1ccc(/C=C(\C#N)c2nnc(N3CCOCC3)n2-c2ccccc2)cc1OCc1ccccc1. The Morgan fingerprint density at radius 2 is 1.70 bits per heavy atom. The number of hydrogen-bond acceptors (Lipinski definition) is 7. The van der Waals surface area contributed by atoms with Crippen LogP contribution in [0, 0.1) is 11.3 Å². The predicted octanol–water partition coefficient (Wildman–Crippen LogP) is 4.76. The molecule has 0 unspecified atom stereocenters. The van der Waals surface area contributed by atoms with Crippen LogP contribution in [0.4, 0.5) is 5.95 Å². The van der Waals surface area contributed by atoms with Crippen LogP contribution in [-0.2, 0) is 11.3 Å². The van der Waals surface area contributed by atoms with Crippen LogP contribution in [0.2, 0.25) is 0 Å². The lowest BCUT2D eigenvalue weighted by molar-refractivity contribution is 0.122. The van der Waals surface area contributed by atoms with E-state index >= 15 is 0 Å². The van der Waals surface area contributed by atoms with Crippen LogP contribution in [0.3, 0.4) is 0 Å². The molecule has 1 saturated heterocycles. The van der Waals surface area contributed by atoms with Crippen molar-refractivity contribution in [2.75, 3.05) is 38.3 Å². The number of allylic oxidation sites excluding steroid dienone is 1. The van der Waals surface area contributed by atoms with E-state index in [4.69, 9.17) is 14.2 Å². The second-order valence-electron chi connectivity index (χ2n) is 8.45. The number of benzene rings is 3. The number of rotatable bonds is 8. The van der Waals surface area contributed by atoms with Gasteiger partial charge in [-0.2, -0.15) is 5.26 Å². The third-order valence-corrected chi connectivity index (χ3v) is 6.05. The van der Waals surface area contributed by atoms with Crippen molar-refractivity contribution in [3.8, 4) is 23.3 Å². The second kappa shape index (κ2) is 11.4. The number of hydrogen-bond donors (Lipinski definition) is 0. The van der Waals surface area contributed by atoms with Gasteiger partial charge >= 0.3 is 0 Å². The van der Waals surface area contributed by atoms with Gasteiger partial charge in [0.1, 0.15) is 12.7 Å². The van der Waals surface area contributed by atoms with Crippen LogP contribution in [0.1, 0.15) is 17.0 Å². The molecule has 5 rings (SSSR count). The van der Waals surface area contributed by atoms with Gasteiger partial charge in [0.05, 0.1) is 31.6 Å². The number of ether oxygens (including phenoxy) is 3. The Morgan fingerprint density at radius 3 is 2.41 bits per heavy atom. The first-order chi connectivity index (χ1) is 18.3. The summed E-state index contributed by atoms with van der Waals surface area (Å²) >= 11 is 0. The minimum Gasteiger partial charge on any atom is -0.493 e. The molecule has 8 nitrogen and oxygen atoms in total. The van der Waals surface area contributed by atoms with E-state index in [0.717, 1.165) is 16.8 Å². The maximum atomic E-state index is 10.2. The van der Waals surface area contributed by atoms with Gasteiger partial charge in [-0.05, 0) is 41.5 Å². The highest BCUT2D eigenvalue weighted by Crippen LogP contribution is 2.31. The van der Waals surface area contributed by atoms with Gasteiger partial charge in [0.15, 0.2) is 17.3 Å². The Hall–Kier alpha value is -4.61. The van der Waals surface area contributed by atoms with E-state index in [2.05, 4.69) is 21.2 Å². The Balaban J connectivity index is 1.51. The number of nitrogens with zero attached hydrogens (tertiary/aromatic N) is 5.